The van der Waals surface area contributed by atoms with Crippen LogP contribution in [0.5, 0.6) is 0 Å². The van der Waals surface area contributed by atoms with Gasteiger partial charge in [-0.15, -0.1) is 0 Å². The number of β-amino-alcohol motifs (C(OH)–C–C–N with tert-alkyl or cyclic N) is 2. The number of nitro benzene ring substituents is 1. The second kappa shape index (κ2) is 40.1. The molecule has 12 N–H and O–H groups in total. The molecule has 5 aliphatic heterocycles. The van der Waals surface area contributed by atoms with Gasteiger partial charge >= 0.3 is 5.97 Å². The van der Waals surface area contributed by atoms with Crippen molar-refractivity contribution in [1.29, 1.82) is 0 Å². The summed E-state index contributed by atoms with van der Waals surface area (Å²) in [6.07, 6.45) is 5.31. The predicted molar refractivity (Wildman–Crippen MR) is 463 cm³/mol. The maximum absolute atomic E-state index is 15.4. The molecule has 128 heavy (non-hydrogen) atoms. The summed E-state index contributed by atoms with van der Waals surface area (Å²) in [5, 5.41) is 72.8. The van der Waals surface area contributed by atoms with Gasteiger partial charge in [-0.3, -0.25) is 77.2 Å². The van der Waals surface area contributed by atoms with E-state index in [0.717, 1.165) is 41.2 Å². The fourth-order valence-electron chi connectivity index (χ4n) is 19.0. The van der Waals surface area contributed by atoms with E-state index >= 15 is 19.2 Å². The Morgan fingerprint density at radius 2 is 0.750 bits per heavy atom. The van der Waals surface area contributed by atoms with Gasteiger partial charge in [0.05, 0.1) is 53.6 Å². The van der Waals surface area contributed by atoms with Crippen molar-refractivity contribution >= 4 is 106 Å². The number of rotatable bonds is 17. The standard InChI is InChI=1S/C92H105N17O19/c1-2-105(63-29-25-61(26-30-63)103-104-62-27-31-64(32-28-62)109(126)127)35-36-128-80(113)34-33-79(112)106-49-75(101-89(122)77-45-65(110)47-107(77)91(124)59-41-55-39-56(42-59)86(119)98-72-22-8-4-18-68(72)94-82(115)52-14-11-13-51(37-52)81(114)93-67-17-3-7-21-71(67)97-85(55)118)76(50-106)102-90(123)78-46-66(111)48-108(78)92(125)60-43-57-40-58(44-60)88(121)100-74-24-10-6-20-70(74)96-84(117)54-16-12-15-53(38-54)83(116)95-69-19-5-9-23-73(69)99-87(57)120/h11-16,25-32,37-44,65-78,110-111H,2-10,17-24,33-36,45-50H2,1H3,(H,93,114)(H,94,115)(H,95,116)(H,96,117)(H,97,118)(H,98,119)(H,99,120)(H,100,121)(H,101,122)(H,102,123)/t65-,66-,67+,68?,69+,70?,71?,72+,73?,74+,75+,76+,77+,78+/m0/s1. The summed E-state index contributed by atoms with van der Waals surface area (Å²) in [6.45, 7) is 1.08. The highest BCUT2D eigenvalue weighted by Gasteiger charge is 2.47. The van der Waals surface area contributed by atoms with Gasteiger partial charge in [0.1, 0.15) is 18.7 Å². The molecule has 6 aromatic carbocycles. The zero-order chi connectivity index (χ0) is 90.0. The van der Waals surface area contributed by atoms with Crippen molar-refractivity contribution in [1.82, 2.24) is 67.9 Å². The monoisotopic (exact) mass is 1750 g/mol. The maximum atomic E-state index is 15.4. The van der Waals surface area contributed by atoms with Crippen LogP contribution in [0.2, 0.25) is 0 Å². The van der Waals surface area contributed by atoms with Crippen LogP contribution in [0.25, 0.3) is 0 Å². The Morgan fingerprint density at radius 3 is 1.07 bits per heavy atom. The predicted octanol–water partition coefficient (Wildman–Crippen LogP) is 6.03. The summed E-state index contributed by atoms with van der Waals surface area (Å²) in [5.74, 6) is -9.39. The molecule has 14 atom stereocenters. The Bertz CT molecular complexity index is 4920. The van der Waals surface area contributed by atoms with Gasteiger partial charge in [-0.2, -0.15) is 10.2 Å². The lowest BCUT2D eigenvalue weighted by Crippen LogP contribution is -2.57. The van der Waals surface area contributed by atoms with E-state index in [2.05, 4.69) is 63.4 Å². The highest BCUT2D eigenvalue weighted by atomic mass is 16.6. The van der Waals surface area contributed by atoms with Crippen LogP contribution in [0, 0.1) is 10.1 Å². The van der Waals surface area contributed by atoms with Crippen molar-refractivity contribution in [3.05, 3.63) is 199 Å². The number of aliphatic hydroxyl groups excluding tert-OH is 2. The number of nitrogens with one attached hydrogen (secondary N) is 10. The molecule has 8 bridgehead atoms. The zero-order valence-electron chi connectivity index (χ0n) is 70.8. The number of azo groups is 1. The first-order valence-corrected chi connectivity index (χ1v) is 44.2. The third-order valence-corrected chi connectivity index (χ3v) is 25.9. The number of benzene rings is 6. The van der Waals surface area contributed by atoms with E-state index in [0.29, 0.717) is 95.0 Å². The number of anilines is 1. The fourth-order valence-corrected chi connectivity index (χ4v) is 19.0. The molecule has 3 saturated heterocycles. The molecule has 36 nitrogen and oxygen atoms in total. The molecule has 6 aromatic rings. The first-order valence-electron chi connectivity index (χ1n) is 44.2. The van der Waals surface area contributed by atoms with E-state index in [4.69, 9.17) is 4.74 Å². The first kappa shape index (κ1) is 89.4. The molecule has 15 rings (SSSR count). The summed E-state index contributed by atoms with van der Waals surface area (Å²) < 4.78 is 5.65. The molecule has 13 amide bonds. The van der Waals surface area contributed by atoms with Crippen molar-refractivity contribution < 1.29 is 87.0 Å². The SMILES string of the molecule is CCN(CCOC(=O)CCC(=O)N1C[C@@H](NC(=O)[C@H]2C[C@H](O)CN2C(=O)c2cc3cc(c2)C(=O)N[C@@H]2CCCCC2NC(=O)c2cccc(c2)C(=O)N[C@@H]2CCCCC2NC3=O)[C@H](NC(=O)[C@H]2C[C@H](O)CN2C(=O)c2cc3cc(c2)C(=O)N[C@@H]2CCCCC2NC(=O)c2cccc(c2)C(=O)N[C@@H]2CCCCC2NC3=O)C1)c1ccc(N=Nc2ccc([N+](=O)[O-])cc2)cc1. The largest absolute Gasteiger partial charge is 0.464 e. The molecule has 672 valence electrons. The van der Waals surface area contributed by atoms with Gasteiger partial charge in [0, 0.05) is 174 Å². The second-order valence-corrected chi connectivity index (χ2v) is 34.6. The van der Waals surface area contributed by atoms with Crippen molar-refractivity contribution in [2.45, 2.75) is 220 Å². The quantitative estimate of drug-likeness (QED) is 0.0214. The fraction of sp³-hybridized carbons (Fsp3) is 0.457. The number of hydrogen-bond donors (Lipinski definition) is 12. The Labute approximate surface area is 737 Å². The third kappa shape index (κ3) is 21.3. The average molecular weight is 1750 g/mol. The number of carbonyl (C=O) groups is 14. The Hall–Kier alpha value is -13.4. The van der Waals surface area contributed by atoms with Gasteiger partial charge in [0.2, 0.25) is 17.7 Å². The highest BCUT2D eigenvalue weighted by molar-refractivity contribution is 6.08. The van der Waals surface area contributed by atoms with Gasteiger partial charge in [-0.1, -0.05) is 63.5 Å². The number of nitrogens with zero attached hydrogens (tertiary/aromatic N) is 7. The van der Waals surface area contributed by atoms with Crippen molar-refractivity contribution in [3.63, 3.8) is 0 Å². The second-order valence-electron chi connectivity index (χ2n) is 34.6. The van der Waals surface area contributed by atoms with E-state index in [1.807, 2.05) is 11.8 Å². The Balaban J connectivity index is 0.678. The van der Waals surface area contributed by atoms with E-state index < -0.39 is 198 Å². The molecule has 5 heterocycles. The Morgan fingerprint density at radius 1 is 0.438 bits per heavy atom. The highest BCUT2D eigenvalue weighted by Crippen LogP contribution is 2.32. The van der Waals surface area contributed by atoms with Crippen LogP contribution >= 0.6 is 0 Å². The number of aliphatic hydroxyl groups is 2. The molecule has 4 saturated carbocycles. The van der Waals surface area contributed by atoms with Gasteiger partial charge in [0.15, 0.2) is 0 Å². The number of amides is 13. The van der Waals surface area contributed by atoms with Gasteiger partial charge in [0.25, 0.3) is 64.8 Å². The van der Waals surface area contributed by atoms with Crippen LogP contribution in [-0.2, 0) is 23.9 Å². The summed E-state index contributed by atoms with van der Waals surface area (Å²) in [4.78, 5) is 221. The van der Waals surface area contributed by atoms with Crippen LogP contribution in [0.1, 0.15) is 239 Å². The van der Waals surface area contributed by atoms with Crippen molar-refractivity contribution in [3.8, 4) is 0 Å². The average Bonchev–Trinajstić information content (AvgIpc) is 1.55. The number of ether oxygens (including phenoxy) is 1. The molecule has 4 unspecified atom stereocenters. The maximum Gasteiger partial charge on any atom is 0.306 e. The molecule has 4 aliphatic carbocycles. The summed E-state index contributed by atoms with van der Waals surface area (Å²) in [5.41, 5.74) is 1.56. The number of likely N-dealkylation sites (N-methyl/N-ethyl adjacent to an activating group) is 1. The molecular weight excluding hydrogens is 1650 g/mol. The molecule has 0 radical (unpaired) electrons. The number of non-ortho nitro benzene ring substituents is 1. The molecule has 36 heteroatoms. The van der Waals surface area contributed by atoms with Crippen molar-refractivity contribution in [2.75, 3.05) is 50.8 Å². The van der Waals surface area contributed by atoms with Crippen LogP contribution in [0.15, 0.2) is 144 Å². The lowest BCUT2D eigenvalue weighted by atomic mass is 9.89. The molecule has 0 spiro atoms. The third-order valence-electron chi connectivity index (χ3n) is 25.9. The smallest absolute Gasteiger partial charge is 0.306 e. The van der Waals surface area contributed by atoms with Crippen LogP contribution < -0.4 is 58.1 Å². The summed E-state index contributed by atoms with van der Waals surface area (Å²) in [6, 6.07) is 22.8. The van der Waals surface area contributed by atoms with Crippen LogP contribution in [0.4, 0.5) is 22.7 Å². The first-order chi connectivity index (χ1) is 61.7. The van der Waals surface area contributed by atoms with Gasteiger partial charge in [-0.25, -0.2) is 0 Å². The van der Waals surface area contributed by atoms with E-state index in [1.54, 1.807) is 60.7 Å². The van der Waals surface area contributed by atoms with Crippen LogP contribution in [-0.4, -0.2) is 243 Å². The normalized spacial score (nSPS) is 25.7. The minimum atomic E-state index is -1.49. The number of nitro groups is 1. The summed E-state index contributed by atoms with van der Waals surface area (Å²) in [7, 11) is 0. The summed E-state index contributed by atoms with van der Waals surface area (Å²) >= 11 is 0. The molecular formula is C92H105N17O19. The number of carbonyl (C=O) groups excluding carboxylic acids is 14. The van der Waals surface area contributed by atoms with E-state index in [-0.39, 0.29) is 100 Å². The molecule has 7 fully saturated rings. The number of fused-ring (bicyclic) bond motifs is 12. The molecule has 0 aromatic heterocycles. The lowest BCUT2D eigenvalue weighted by Gasteiger charge is -2.34. The van der Waals surface area contributed by atoms with E-state index in [1.165, 1.54) is 77.7 Å². The number of hydrogen-bond acceptors (Lipinski definition) is 22. The van der Waals surface area contributed by atoms with Crippen molar-refractivity contribution in [2.24, 2.45) is 10.2 Å². The molecule has 9 aliphatic rings. The van der Waals surface area contributed by atoms with Gasteiger partial charge in [-0.05, 0) is 167 Å². The minimum absolute atomic E-state index is 0.0860. The topological polar surface area (TPSA) is 490 Å². The van der Waals surface area contributed by atoms with Gasteiger partial charge < -0.3 is 87.7 Å². The van der Waals surface area contributed by atoms with E-state index in [9.17, 15) is 68.3 Å². The Kier molecular flexibility index (Phi) is 28.0. The zero-order valence-corrected chi connectivity index (χ0v) is 70.8. The van der Waals surface area contributed by atoms with Crippen LogP contribution in [0.3, 0.4) is 0 Å². The lowest BCUT2D eigenvalue weighted by molar-refractivity contribution is -0.384. The number of esters is 1. The minimum Gasteiger partial charge on any atom is -0.464 e. The number of likely N-dealkylation sites (tertiary alicyclic amines) is 3.